The fraction of sp³-hybridized carbons (Fsp3) is 0.556. The van der Waals surface area contributed by atoms with Crippen LogP contribution in [0.4, 0.5) is 0 Å². The molecule has 2 aromatic heterocycles. The number of carbonyl (C=O) groups is 1. The Morgan fingerprint density at radius 2 is 2.00 bits per heavy atom. The molecule has 1 saturated carbocycles. The summed E-state index contributed by atoms with van der Waals surface area (Å²) in [6.45, 7) is 0.522. The standard InChI is InChI=1S/C18H20N4O5S/c23-16(14-8-15(27-21-14)12-2-3-12)22-10-18(11-22)13(4-7-28(18,24)25)9-26-17-19-5-1-6-20-17/h1,5-6,8,12-13H,2-4,7,9-11H2/t13-/m1/s1. The highest BCUT2D eigenvalue weighted by Gasteiger charge is 2.63. The van der Waals surface area contributed by atoms with Crippen LogP contribution in [0.15, 0.2) is 29.0 Å². The number of ether oxygens (including phenoxy) is 1. The summed E-state index contributed by atoms with van der Waals surface area (Å²) < 4.78 is 35.4. The molecule has 10 heteroatoms. The zero-order valence-corrected chi connectivity index (χ0v) is 16.0. The second-order valence-corrected chi connectivity index (χ2v) is 10.2. The van der Waals surface area contributed by atoms with E-state index in [1.807, 2.05) is 0 Å². The van der Waals surface area contributed by atoms with Crippen molar-refractivity contribution in [2.45, 2.75) is 29.9 Å². The average Bonchev–Trinajstić information content (AvgIpc) is 3.32. The van der Waals surface area contributed by atoms with Crippen LogP contribution in [0.5, 0.6) is 6.01 Å². The molecule has 3 aliphatic rings. The van der Waals surface area contributed by atoms with Crippen LogP contribution in [-0.4, -0.2) is 64.5 Å². The van der Waals surface area contributed by atoms with Crippen molar-refractivity contribution in [1.82, 2.24) is 20.0 Å². The number of likely N-dealkylation sites (tertiary alicyclic amines) is 1. The van der Waals surface area contributed by atoms with E-state index in [-0.39, 0.29) is 49.0 Å². The molecule has 1 amide bonds. The molecule has 1 aliphatic carbocycles. The zero-order chi connectivity index (χ0) is 19.4. The number of hydrogen-bond donors (Lipinski definition) is 0. The van der Waals surface area contributed by atoms with Gasteiger partial charge in [-0.05, 0) is 25.3 Å². The first-order valence-corrected chi connectivity index (χ1v) is 11.0. The average molecular weight is 404 g/mol. The third-order valence-corrected chi connectivity index (χ3v) is 8.59. The van der Waals surface area contributed by atoms with E-state index in [1.54, 1.807) is 24.5 Å². The van der Waals surface area contributed by atoms with Gasteiger partial charge >= 0.3 is 6.01 Å². The van der Waals surface area contributed by atoms with Gasteiger partial charge in [-0.2, -0.15) is 0 Å². The highest BCUT2D eigenvalue weighted by atomic mass is 32.2. The van der Waals surface area contributed by atoms with Crippen LogP contribution >= 0.6 is 0 Å². The maximum Gasteiger partial charge on any atom is 0.316 e. The van der Waals surface area contributed by atoms with Crippen molar-refractivity contribution in [3.05, 3.63) is 36.0 Å². The number of hydrogen-bond acceptors (Lipinski definition) is 8. The Hall–Kier alpha value is -2.49. The minimum absolute atomic E-state index is 0.106. The Morgan fingerprint density at radius 3 is 2.71 bits per heavy atom. The van der Waals surface area contributed by atoms with Gasteiger partial charge in [-0.25, -0.2) is 18.4 Å². The molecule has 1 atom stereocenters. The number of carbonyl (C=O) groups excluding carboxylic acids is 1. The number of sulfone groups is 1. The molecule has 0 N–H and O–H groups in total. The predicted molar refractivity (Wildman–Crippen MR) is 96.5 cm³/mol. The fourth-order valence-electron chi connectivity index (χ4n) is 4.10. The quantitative estimate of drug-likeness (QED) is 0.726. The van der Waals surface area contributed by atoms with E-state index in [2.05, 4.69) is 15.1 Å². The topological polar surface area (TPSA) is 115 Å². The molecule has 1 spiro atoms. The number of rotatable bonds is 5. The van der Waals surface area contributed by atoms with E-state index >= 15 is 0 Å². The molecular weight excluding hydrogens is 384 g/mol. The largest absolute Gasteiger partial charge is 0.463 e. The Bertz CT molecular complexity index is 996. The van der Waals surface area contributed by atoms with Crippen molar-refractivity contribution in [3.8, 4) is 6.01 Å². The van der Waals surface area contributed by atoms with Crippen LogP contribution < -0.4 is 4.74 Å². The second-order valence-electron chi connectivity index (χ2n) is 7.76. The Morgan fingerprint density at radius 1 is 1.25 bits per heavy atom. The number of nitrogens with zero attached hydrogens (tertiary/aromatic N) is 4. The highest BCUT2D eigenvalue weighted by Crippen LogP contribution is 2.45. The van der Waals surface area contributed by atoms with Crippen molar-refractivity contribution in [3.63, 3.8) is 0 Å². The Labute approximate surface area is 162 Å². The normalized spacial score (nSPS) is 24.9. The molecule has 148 valence electrons. The van der Waals surface area contributed by atoms with Gasteiger partial charge in [0.15, 0.2) is 15.5 Å². The molecule has 3 fully saturated rings. The number of amides is 1. The van der Waals surface area contributed by atoms with Gasteiger partial charge in [0.05, 0.1) is 12.4 Å². The minimum atomic E-state index is -3.31. The lowest BCUT2D eigenvalue weighted by Crippen LogP contribution is -2.69. The third kappa shape index (κ3) is 2.78. The van der Waals surface area contributed by atoms with E-state index in [4.69, 9.17) is 9.26 Å². The van der Waals surface area contributed by atoms with E-state index in [9.17, 15) is 13.2 Å². The SMILES string of the molecule is O=C(c1cc(C2CC2)on1)N1CC2(C1)[C@@H](COc1ncccn1)CCS2(=O)=O. The van der Waals surface area contributed by atoms with Crippen LogP contribution in [0.2, 0.25) is 0 Å². The first kappa shape index (κ1) is 17.6. The summed E-state index contributed by atoms with van der Waals surface area (Å²) in [4.78, 5) is 22.2. The van der Waals surface area contributed by atoms with Gasteiger partial charge in [-0.1, -0.05) is 5.16 Å². The van der Waals surface area contributed by atoms with Gasteiger partial charge in [0.25, 0.3) is 5.91 Å². The second kappa shape index (κ2) is 6.26. The molecule has 0 radical (unpaired) electrons. The molecule has 0 unspecified atom stereocenters. The smallest absolute Gasteiger partial charge is 0.316 e. The van der Waals surface area contributed by atoms with Gasteiger partial charge in [0.1, 0.15) is 10.5 Å². The van der Waals surface area contributed by atoms with Gasteiger partial charge in [0.2, 0.25) is 0 Å². The van der Waals surface area contributed by atoms with Crippen molar-refractivity contribution in [2.75, 3.05) is 25.4 Å². The van der Waals surface area contributed by atoms with Gasteiger partial charge in [-0.3, -0.25) is 4.79 Å². The maximum atomic E-state index is 12.7. The van der Waals surface area contributed by atoms with E-state index in [1.165, 1.54) is 4.90 Å². The summed E-state index contributed by atoms with van der Waals surface area (Å²) in [6, 6.07) is 3.59. The lowest BCUT2D eigenvalue weighted by Gasteiger charge is -2.49. The molecule has 9 nitrogen and oxygen atoms in total. The lowest BCUT2D eigenvalue weighted by molar-refractivity contribution is 0.0394. The van der Waals surface area contributed by atoms with Crippen molar-refractivity contribution < 1.29 is 22.5 Å². The summed E-state index contributed by atoms with van der Waals surface area (Å²) in [6.07, 6.45) is 5.76. The van der Waals surface area contributed by atoms with E-state index < -0.39 is 14.6 Å². The van der Waals surface area contributed by atoms with E-state index in [0.29, 0.717) is 12.3 Å². The fourth-order valence-corrected chi connectivity index (χ4v) is 6.50. The van der Waals surface area contributed by atoms with Crippen LogP contribution in [0.3, 0.4) is 0 Å². The molecule has 0 bridgehead atoms. The molecule has 28 heavy (non-hydrogen) atoms. The van der Waals surface area contributed by atoms with Crippen molar-refractivity contribution in [2.24, 2.45) is 5.92 Å². The molecule has 4 heterocycles. The Balaban J connectivity index is 1.28. The lowest BCUT2D eigenvalue weighted by atomic mass is 9.83. The highest BCUT2D eigenvalue weighted by molar-refractivity contribution is 7.93. The van der Waals surface area contributed by atoms with Crippen molar-refractivity contribution in [1.29, 1.82) is 0 Å². The maximum absolute atomic E-state index is 12.7. The monoisotopic (exact) mass is 404 g/mol. The van der Waals surface area contributed by atoms with Gasteiger partial charge in [-0.15, -0.1) is 0 Å². The van der Waals surface area contributed by atoms with Gasteiger partial charge < -0.3 is 14.2 Å². The molecule has 2 aliphatic heterocycles. The molecule has 5 rings (SSSR count). The van der Waals surface area contributed by atoms with Crippen LogP contribution in [0.1, 0.15) is 41.4 Å². The van der Waals surface area contributed by atoms with Crippen LogP contribution in [0.25, 0.3) is 0 Å². The van der Waals surface area contributed by atoms with Crippen molar-refractivity contribution >= 4 is 15.7 Å². The van der Waals surface area contributed by atoms with Gasteiger partial charge in [0, 0.05) is 43.4 Å². The first-order valence-electron chi connectivity index (χ1n) is 9.36. The molecule has 0 aromatic carbocycles. The summed E-state index contributed by atoms with van der Waals surface area (Å²) in [7, 11) is -3.31. The van der Waals surface area contributed by atoms with E-state index in [0.717, 1.165) is 18.6 Å². The summed E-state index contributed by atoms with van der Waals surface area (Å²) in [5.74, 6) is 0.725. The summed E-state index contributed by atoms with van der Waals surface area (Å²) in [5.41, 5.74) is 0.248. The zero-order valence-electron chi connectivity index (χ0n) is 15.2. The predicted octanol–water partition coefficient (Wildman–Crippen LogP) is 1.05. The minimum Gasteiger partial charge on any atom is -0.463 e. The summed E-state index contributed by atoms with van der Waals surface area (Å²) >= 11 is 0. The molecule has 2 aromatic rings. The third-order valence-electron chi connectivity index (χ3n) is 5.99. The first-order chi connectivity index (χ1) is 13.5. The van der Waals surface area contributed by atoms with Crippen LogP contribution in [0, 0.1) is 5.92 Å². The molecular formula is C18H20N4O5S. The summed E-state index contributed by atoms with van der Waals surface area (Å²) in [5, 5.41) is 3.87. The molecule has 2 saturated heterocycles. The van der Waals surface area contributed by atoms with Crippen LogP contribution in [-0.2, 0) is 9.84 Å². The number of aromatic nitrogens is 3. The Kier molecular flexibility index (Phi) is 3.94.